The van der Waals surface area contributed by atoms with Crippen molar-refractivity contribution < 1.29 is 14.3 Å². The first-order valence-electron chi connectivity index (χ1n) is 7.33. The fourth-order valence-corrected chi connectivity index (χ4v) is 3.53. The molecule has 23 heavy (non-hydrogen) atoms. The number of nitrogens with zero attached hydrogens (tertiary/aromatic N) is 1. The Bertz CT molecular complexity index is 760. The predicted octanol–water partition coefficient (Wildman–Crippen LogP) is 3.77. The van der Waals surface area contributed by atoms with Gasteiger partial charge in [-0.3, -0.25) is 4.79 Å². The van der Waals surface area contributed by atoms with E-state index in [9.17, 15) is 4.79 Å². The summed E-state index contributed by atoms with van der Waals surface area (Å²) in [5.41, 5.74) is 3.08. The van der Waals surface area contributed by atoms with Gasteiger partial charge in [-0.15, -0.1) is 0 Å². The summed E-state index contributed by atoms with van der Waals surface area (Å²) in [6.07, 6.45) is 0.612. The molecule has 120 valence electrons. The second kappa shape index (κ2) is 6.24. The summed E-state index contributed by atoms with van der Waals surface area (Å²) in [4.78, 5) is 14.3. The number of methoxy groups -OCH3 is 2. The molecule has 1 heterocycles. The van der Waals surface area contributed by atoms with Crippen molar-refractivity contribution in [2.24, 2.45) is 0 Å². The van der Waals surface area contributed by atoms with Gasteiger partial charge in [0, 0.05) is 17.2 Å². The van der Waals surface area contributed by atoms with Gasteiger partial charge in [-0.1, -0.05) is 34.1 Å². The number of rotatable bonds is 4. The molecule has 1 atom stereocenters. The predicted molar refractivity (Wildman–Crippen MR) is 93.5 cm³/mol. The van der Waals surface area contributed by atoms with Crippen LogP contribution in [0.5, 0.6) is 11.5 Å². The molecule has 4 nitrogen and oxygen atoms in total. The van der Waals surface area contributed by atoms with Crippen LogP contribution in [0.2, 0.25) is 0 Å². The number of amides is 1. The van der Waals surface area contributed by atoms with E-state index in [0.717, 1.165) is 21.3 Å². The molecule has 1 amide bonds. The maximum atomic E-state index is 12.6. The minimum Gasteiger partial charge on any atom is -0.493 e. The fraction of sp³-hybridized carbons (Fsp3) is 0.278. The summed E-state index contributed by atoms with van der Waals surface area (Å²) in [5, 5.41) is 0. The highest BCUT2D eigenvalue weighted by molar-refractivity contribution is 9.10. The monoisotopic (exact) mass is 375 g/mol. The summed E-state index contributed by atoms with van der Waals surface area (Å²) in [6.45, 7) is 0. The molecule has 2 aromatic rings. The second-order valence-corrected chi connectivity index (χ2v) is 6.37. The normalized spacial score (nSPS) is 16.4. The van der Waals surface area contributed by atoms with Crippen molar-refractivity contribution in [3.63, 3.8) is 0 Å². The maximum absolute atomic E-state index is 12.6. The molecule has 0 fully saturated rings. The average Bonchev–Trinajstić information content (AvgIpc) is 2.81. The van der Waals surface area contributed by atoms with Crippen LogP contribution in [0, 0.1) is 0 Å². The van der Waals surface area contributed by atoms with Gasteiger partial charge < -0.3 is 14.4 Å². The number of likely N-dealkylation sites (N-methyl/N-ethyl adjacent to an activating group) is 1. The van der Waals surface area contributed by atoms with Gasteiger partial charge in [-0.2, -0.15) is 0 Å². The smallest absolute Gasteiger partial charge is 0.234 e. The average molecular weight is 376 g/mol. The number of hydrogen-bond donors (Lipinski definition) is 0. The molecule has 5 heteroatoms. The van der Waals surface area contributed by atoms with E-state index in [2.05, 4.69) is 15.9 Å². The Hall–Kier alpha value is -2.01. The van der Waals surface area contributed by atoms with Crippen molar-refractivity contribution in [3.05, 3.63) is 52.0 Å². The van der Waals surface area contributed by atoms with E-state index in [-0.39, 0.29) is 11.8 Å². The highest BCUT2D eigenvalue weighted by atomic mass is 79.9. The van der Waals surface area contributed by atoms with E-state index < -0.39 is 0 Å². The molecule has 0 saturated heterocycles. The van der Waals surface area contributed by atoms with Gasteiger partial charge >= 0.3 is 0 Å². The molecule has 0 saturated carbocycles. The van der Waals surface area contributed by atoms with E-state index >= 15 is 0 Å². The third kappa shape index (κ3) is 2.70. The molecule has 3 rings (SSSR count). The van der Waals surface area contributed by atoms with Gasteiger partial charge in [-0.25, -0.2) is 0 Å². The Morgan fingerprint density at radius 2 is 1.78 bits per heavy atom. The van der Waals surface area contributed by atoms with E-state index in [1.54, 1.807) is 19.1 Å². The summed E-state index contributed by atoms with van der Waals surface area (Å²) < 4.78 is 11.6. The van der Waals surface area contributed by atoms with Gasteiger partial charge in [-0.05, 0) is 35.7 Å². The number of halogens is 1. The number of benzene rings is 2. The number of hydrogen-bond acceptors (Lipinski definition) is 3. The number of anilines is 1. The highest BCUT2D eigenvalue weighted by Gasteiger charge is 2.35. The van der Waals surface area contributed by atoms with E-state index in [0.29, 0.717) is 17.9 Å². The molecule has 0 N–H and O–H groups in total. The molecule has 1 aliphatic rings. The van der Waals surface area contributed by atoms with Crippen molar-refractivity contribution in [3.8, 4) is 11.5 Å². The van der Waals surface area contributed by atoms with Gasteiger partial charge in [0.1, 0.15) is 0 Å². The van der Waals surface area contributed by atoms with Crippen LogP contribution in [0.1, 0.15) is 17.0 Å². The SMILES string of the molecule is COc1cc(Br)c(C[C@H]2C(=O)N(C)c3ccccc32)cc1OC. The zero-order chi connectivity index (χ0) is 16.6. The maximum Gasteiger partial charge on any atom is 0.234 e. The minimum atomic E-state index is -0.175. The standard InChI is InChI=1S/C18H18BrNO3/c1-20-15-7-5-4-6-12(15)13(18(20)21)8-11-9-16(22-2)17(23-3)10-14(11)19/h4-7,9-10,13H,8H2,1-3H3/t13-/m1/s1. The third-order valence-electron chi connectivity index (χ3n) is 4.28. The summed E-state index contributed by atoms with van der Waals surface area (Å²) in [5.74, 6) is 1.27. The third-order valence-corrected chi connectivity index (χ3v) is 5.02. The summed E-state index contributed by atoms with van der Waals surface area (Å²) in [7, 11) is 5.04. The molecule has 0 unspecified atom stereocenters. The van der Waals surface area contributed by atoms with Crippen molar-refractivity contribution in [2.75, 3.05) is 26.2 Å². The van der Waals surface area contributed by atoms with E-state index in [1.165, 1.54) is 0 Å². The van der Waals surface area contributed by atoms with Crippen LogP contribution in [-0.4, -0.2) is 27.2 Å². The Kier molecular flexibility index (Phi) is 4.31. The van der Waals surface area contributed by atoms with Crippen LogP contribution < -0.4 is 14.4 Å². The quantitative estimate of drug-likeness (QED) is 0.816. The molecule has 1 aliphatic heterocycles. The van der Waals surface area contributed by atoms with Crippen LogP contribution in [-0.2, 0) is 11.2 Å². The number of fused-ring (bicyclic) bond motifs is 1. The fourth-order valence-electron chi connectivity index (χ4n) is 3.04. The zero-order valence-corrected chi connectivity index (χ0v) is 14.9. The largest absolute Gasteiger partial charge is 0.493 e. The number of carbonyl (C=O) groups is 1. The molecule has 0 aromatic heterocycles. The first-order chi connectivity index (χ1) is 11.1. The van der Waals surface area contributed by atoms with Gasteiger partial charge in [0.25, 0.3) is 0 Å². The first-order valence-corrected chi connectivity index (χ1v) is 8.13. The minimum absolute atomic E-state index is 0.118. The van der Waals surface area contributed by atoms with Crippen molar-refractivity contribution >= 4 is 27.5 Å². The van der Waals surface area contributed by atoms with Crippen LogP contribution in [0.25, 0.3) is 0 Å². The van der Waals surface area contributed by atoms with E-state index in [1.807, 2.05) is 43.4 Å². The van der Waals surface area contributed by atoms with Gasteiger partial charge in [0.05, 0.1) is 20.1 Å². The van der Waals surface area contributed by atoms with Crippen molar-refractivity contribution in [1.29, 1.82) is 0 Å². The Morgan fingerprint density at radius 3 is 2.48 bits per heavy atom. The molecule has 2 aromatic carbocycles. The van der Waals surface area contributed by atoms with Crippen LogP contribution in [0.4, 0.5) is 5.69 Å². The van der Waals surface area contributed by atoms with Crippen LogP contribution in [0.3, 0.4) is 0 Å². The highest BCUT2D eigenvalue weighted by Crippen LogP contribution is 2.41. The van der Waals surface area contributed by atoms with E-state index in [4.69, 9.17) is 9.47 Å². The lowest BCUT2D eigenvalue weighted by atomic mass is 9.93. The first kappa shape index (κ1) is 15.9. The van der Waals surface area contributed by atoms with Crippen molar-refractivity contribution in [1.82, 2.24) is 0 Å². The van der Waals surface area contributed by atoms with Crippen LogP contribution >= 0.6 is 15.9 Å². The molecular formula is C18H18BrNO3. The molecular weight excluding hydrogens is 358 g/mol. The zero-order valence-electron chi connectivity index (χ0n) is 13.3. The summed E-state index contributed by atoms with van der Waals surface area (Å²) >= 11 is 3.57. The molecule has 0 spiro atoms. The Morgan fingerprint density at radius 1 is 1.13 bits per heavy atom. The number of para-hydroxylation sites is 1. The Labute approximate surface area is 144 Å². The topological polar surface area (TPSA) is 38.8 Å². The lowest BCUT2D eigenvalue weighted by molar-refractivity contribution is -0.119. The second-order valence-electron chi connectivity index (χ2n) is 5.51. The Balaban J connectivity index is 1.98. The molecule has 0 aliphatic carbocycles. The number of carbonyl (C=O) groups excluding carboxylic acids is 1. The lowest BCUT2D eigenvalue weighted by Gasteiger charge is -2.15. The molecule has 0 bridgehead atoms. The lowest BCUT2D eigenvalue weighted by Crippen LogP contribution is -2.25. The van der Waals surface area contributed by atoms with Crippen LogP contribution in [0.15, 0.2) is 40.9 Å². The number of ether oxygens (including phenoxy) is 2. The van der Waals surface area contributed by atoms with Gasteiger partial charge in [0.15, 0.2) is 11.5 Å². The van der Waals surface area contributed by atoms with Gasteiger partial charge in [0.2, 0.25) is 5.91 Å². The van der Waals surface area contributed by atoms with Crippen molar-refractivity contribution in [2.45, 2.75) is 12.3 Å². The molecule has 0 radical (unpaired) electrons. The summed E-state index contributed by atoms with van der Waals surface area (Å²) in [6, 6.07) is 11.7.